The third-order valence-electron chi connectivity index (χ3n) is 1.69. The summed E-state index contributed by atoms with van der Waals surface area (Å²) in [5.74, 6) is -0.311. The van der Waals surface area contributed by atoms with Gasteiger partial charge in [-0.3, -0.25) is 0 Å². The summed E-state index contributed by atoms with van der Waals surface area (Å²) in [5, 5.41) is 8.72. The molecule has 0 fully saturated rings. The maximum absolute atomic E-state index is 12.8. The van der Waals surface area contributed by atoms with Crippen molar-refractivity contribution < 1.29 is 9.50 Å². The van der Waals surface area contributed by atoms with E-state index in [1.807, 2.05) is 0 Å². The molecule has 0 radical (unpaired) electrons. The Kier molecular flexibility index (Phi) is 4.91. The maximum Gasteiger partial charge on any atom is 0.123 e. The van der Waals surface area contributed by atoms with Gasteiger partial charge in [0.05, 0.1) is 12.6 Å². The molecule has 1 aromatic carbocycles. The van der Waals surface area contributed by atoms with Gasteiger partial charge in [0.2, 0.25) is 0 Å². The van der Waals surface area contributed by atoms with Crippen molar-refractivity contribution in [2.45, 2.75) is 13.0 Å². The lowest BCUT2D eigenvalue weighted by molar-refractivity contribution is 0.267. The lowest BCUT2D eigenvalue weighted by Gasteiger charge is -2.08. The predicted octanol–water partition coefficient (Wildman–Crippen LogP) is 1.55. The van der Waals surface area contributed by atoms with Crippen LogP contribution in [-0.2, 0) is 0 Å². The summed E-state index contributed by atoms with van der Waals surface area (Å²) in [6.07, 6.45) is 0. The summed E-state index contributed by atoms with van der Waals surface area (Å²) in [7, 11) is 0. The highest BCUT2D eigenvalue weighted by atomic mass is 35.5. The topological polar surface area (TPSA) is 46.2 Å². The number of halogens is 2. The van der Waals surface area contributed by atoms with Crippen molar-refractivity contribution in [1.29, 1.82) is 0 Å². The molecular formula is C9H13ClFNO. The molecule has 1 aromatic rings. The first-order valence-corrected chi connectivity index (χ1v) is 3.77. The van der Waals surface area contributed by atoms with Gasteiger partial charge in [0.1, 0.15) is 5.82 Å². The monoisotopic (exact) mass is 205 g/mol. The Morgan fingerprint density at radius 2 is 2.08 bits per heavy atom. The van der Waals surface area contributed by atoms with Gasteiger partial charge in [0.15, 0.2) is 0 Å². The number of benzene rings is 1. The van der Waals surface area contributed by atoms with Crippen molar-refractivity contribution in [1.82, 2.24) is 0 Å². The highest BCUT2D eigenvalue weighted by molar-refractivity contribution is 5.85. The number of rotatable bonds is 2. The Labute approximate surface area is 83.0 Å². The van der Waals surface area contributed by atoms with Crippen molar-refractivity contribution in [3.8, 4) is 0 Å². The van der Waals surface area contributed by atoms with E-state index in [-0.39, 0.29) is 24.8 Å². The second-order valence-corrected chi connectivity index (χ2v) is 2.85. The van der Waals surface area contributed by atoms with E-state index < -0.39 is 6.04 Å². The van der Waals surface area contributed by atoms with Gasteiger partial charge in [-0.25, -0.2) is 4.39 Å². The van der Waals surface area contributed by atoms with Crippen LogP contribution < -0.4 is 5.73 Å². The number of nitrogens with two attached hydrogens (primary N) is 1. The molecule has 0 aliphatic rings. The Bertz CT molecular complexity index is 260. The summed E-state index contributed by atoms with van der Waals surface area (Å²) in [6.45, 7) is 1.62. The fraction of sp³-hybridized carbons (Fsp3) is 0.333. The fourth-order valence-corrected chi connectivity index (χ4v) is 1.08. The Hall–Kier alpha value is -0.640. The average Bonchev–Trinajstić information content (AvgIpc) is 2.01. The first-order chi connectivity index (χ1) is 5.63. The molecule has 13 heavy (non-hydrogen) atoms. The standard InChI is InChI=1S/C9H12FNO.ClH/c1-6-2-7(9(11)5-12)4-8(10)3-6;/h2-4,9,12H,5,11H2,1H3;1H. The second-order valence-electron chi connectivity index (χ2n) is 2.85. The molecule has 3 N–H and O–H groups in total. The number of aliphatic hydroxyl groups is 1. The molecule has 0 saturated heterocycles. The number of hydrogen-bond donors (Lipinski definition) is 2. The van der Waals surface area contributed by atoms with Crippen molar-refractivity contribution in [3.63, 3.8) is 0 Å². The van der Waals surface area contributed by atoms with Gasteiger partial charge in [0, 0.05) is 0 Å². The zero-order valence-corrected chi connectivity index (χ0v) is 8.14. The van der Waals surface area contributed by atoms with Gasteiger partial charge in [-0.05, 0) is 30.2 Å². The van der Waals surface area contributed by atoms with E-state index in [0.717, 1.165) is 5.56 Å². The van der Waals surface area contributed by atoms with Gasteiger partial charge in [0.25, 0.3) is 0 Å². The predicted molar refractivity (Wildman–Crippen MR) is 52.4 cm³/mol. The number of aliphatic hydroxyl groups excluding tert-OH is 1. The number of aryl methyl sites for hydroxylation is 1. The molecule has 0 aromatic heterocycles. The molecule has 1 atom stereocenters. The van der Waals surface area contributed by atoms with Crippen LogP contribution in [0.15, 0.2) is 18.2 Å². The van der Waals surface area contributed by atoms with Gasteiger partial charge < -0.3 is 10.8 Å². The summed E-state index contributed by atoms with van der Waals surface area (Å²) >= 11 is 0. The zero-order valence-electron chi connectivity index (χ0n) is 7.33. The third-order valence-corrected chi connectivity index (χ3v) is 1.69. The van der Waals surface area contributed by atoms with Gasteiger partial charge in [-0.2, -0.15) is 0 Å². The molecule has 0 heterocycles. The number of hydrogen-bond acceptors (Lipinski definition) is 2. The lowest BCUT2D eigenvalue weighted by atomic mass is 10.1. The first-order valence-electron chi connectivity index (χ1n) is 3.77. The molecule has 4 heteroatoms. The first kappa shape index (κ1) is 12.4. The molecule has 0 aliphatic heterocycles. The Morgan fingerprint density at radius 3 is 2.54 bits per heavy atom. The fourth-order valence-electron chi connectivity index (χ4n) is 1.08. The van der Waals surface area contributed by atoms with Crippen molar-refractivity contribution >= 4 is 12.4 Å². The summed E-state index contributed by atoms with van der Waals surface area (Å²) in [5.41, 5.74) is 6.96. The van der Waals surface area contributed by atoms with Crippen LogP contribution in [0.3, 0.4) is 0 Å². The van der Waals surface area contributed by atoms with Crippen LogP contribution in [0.1, 0.15) is 17.2 Å². The minimum atomic E-state index is -0.487. The summed E-state index contributed by atoms with van der Waals surface area (Å²) < 4.78 is 12.8. The van der Waals surface area contributed by atoms with E-state index in [1.54, 1.807) is 13.0 Å². The minimum Gasteiger partial charge on any atom is -0.394 e. The molecule has 74 valence electrons. The van der Waals surface area contributed by atoms with E-state index in [1.165, 1.54) is 12.1 Å². The van der Waals surface area contributed by atoms with E-state index in [9.17, 15) is 4.39 Å². The van der Waals surface area contributed by atoms with Crippen LogP contribution in [-0.4, -0.2) is 11.7 Å². The van der Waals surface area contributed by atoms with Crippen molar-refractivity contribution in [2.24, 2.45) is 5.73 Å². The normalized spacial score (nSPS) is 12.0. The van der Waals surface area contributed by atoms with Gasteiger partial charge in [-0.15, -0.1) is 12.4 Å². The minimum absolute atomic E-state index is 0. The van der Waals surface area contributed by atoms with Crippen molar-refractivity contribution in [3.05, 3.63) is 35.1 Å². The molecule has 1 unspecified atom stereocenters. The Morgan fingerprint density at radius 1 is 1.46 bits per heavy atom. The molecule has 0 amide bonds. The van der Waals surface area contributed by atoms with Gasteiger partial charge in [-0.1, -0.05) is 6.07 Å². The van der Waals surface area contributed by atoms with Crippen LogP contribution in [0, 0.1) is 12.7 Å². The molecule has 0 bridgehead atoms. The summed E-state index contributed by atoms with van der Waals surface area (Å²) in [6, 6.07) is 4.05. The van der Waals surface area contributed by atoms with E-state index in [4.69, 9.17) is 10.8 Å². The molecule has 0 saturated carbocycles. The highest BCUT2D eigenvalue weighted by Gasteiger charge is 2.05. The molecule has 0 spiro atoms. The second kappa shape index (κ2) is 5.17. The van der Waals surface area contributed by atoms with E-state index >= 15 is 0 Å². The smallest absolute Gasteiger partial charge is 0.123 e. The maximum atomic E-state index is 12.8. The molecule has 0 aliphatic carbocycles. The van der Waals surface area contributed by atoms with Crippen LogP contribution in [0.4, 0.5) is 4.39 Å². The molecule has 2 nitrogen and oxygen atoms in total. The van der Waals surface area contributed by atoms with Crippen LogP contribution in [0.5, 0.6) is 0 Å². The molecule has 1 rings (SSSR count). The SMILES string of the molecule is Cc1cc(F)cc(C(N)CO)c1.Cl. The van der Waals surface area contributed by atoms with E-state index in [2.05, 4.69) is 0 Å². The third kappa shape index (κ3) is 3.30. The highest BCUT2D eigenvalue weighted by Crippen LogP contribution is 2.13. The summed E-state index contributed by atoms with van der Waals surface area (Å²) in [4.78, 5) is 0. The zero-order chi connectivity index (χ0) is 9.14. The van der Waals surface area contributed by atoms with E-state index in [0.29, 0.717) is 5.56 Å². The Balaban J connectivity index is 0.00000144. The van der Waals surface area contributed by atoms with Crippen LogP contribution in [0.2, 0.25) is 0 Å². The molecular weight excluding hydrogens is 193 g/mol. The lowest BCUT2D eigenvalue weighted by Crippen LogP contribution is -2.14. The van der Waals surface area contributed by atoms with Crippen molar-refractivity contribution in [2.75, 3.05) is 6.61 Å². The quantitative estimate of drug-likeness (QED) is 0.770. The largest absolute Gasteiger partial charge is 0.394 e. The van der Waals surface area contributed by atoms with Crippen LogP contribution in [0.25, 0.3) is 0 Å². The van der Waals surface area contributed by atoms with Crippen LogP contribution >= 0.6 is 12.4 Å². The van der Waals surface area contributed by atoms with Gasteiger partial charge >= 0.3 is 0 Å². The average molecular weight is 206 g/mol.